The molecule has 2 rings (SSSR count). The number of carboxylic acids is 1. The highest BCUT2D eigenvalue weighted by molar-refractivity contribution is 7.59. The number of hydrogen-bond donors (Lipinski definition) is 3. The van der Waals surface area contributed by atoms with Gasteiger partial charge >= 0.3 is 14.1 Å². The number of carboxylic acid groups (broad SMARTS) is 1. The maximum atomic E-state index is 10.6. The Hall–Kier alpha value is -2.09. The average molecular weight is 330 g/mol. The van der Waals surface area contributed by atoms with Crippen LogP contribution in [0.25, 0.3) is 0 Å². The molecular formula is C12H17N3O6P+. The number of benzene rings is 1. The van der Waals surface area contributed by atoms with E-state index in [4.69, 9.17) is 24.6 Å². The lowest BCUT2D eigenvalue weighted by Crippen LogP contribution is -2.38. The van der Waals surface area contributed by atoms with Gasteiger partial charge in [-0.15, -0.1) is 4.52 Å². The summed E-state index contributed by atoms with van der Waals surface area (Å²) < 4.78 is 19.7. The summed E-state index contributed by atoms with van der Waals surface area (Å²) in [5, 5.41) is 8.72. The fourth-order valence-electron chi connectivity index (χ4n) is 1.78. The van der Waals surface area contributed by atoms with Gasteiger partial charge in [0, 0.05) is 17.4 Å². The number of aliphatic carboxylic acids is 1. The van der Waals surface area contributed by atoms with Gasteiger partial charge in [0.25, 0.3) is 0 Å². The van der Waals surface area contributed by atoms with Crippen LogP contribution in [0.5, 0.6) is 11.5 Å². The first kappa shape index (κ1) is 16.3. The number of guanidine groups is 1. The third-order valence-corrected chi connectivity index (χ3v) is 4.21. The molecule has 0 bridgehead atoms. The topological polar surface area (TPSA) is 127 Å². The number of ether oxygens (including phenoxy) is 1. The van der Waals surface area contributed by atoms with Gasteiger partial charge in [-0.1, -0.05) is 12.1 Å². The average Bonchev–Trinajstić information content (AvgIpc) is 2.45. The highest BCUT2D eigenvalue weighted by Gasteiger charge is 2.50. The largest absolute Gasteiger partial charge is 0.600 e. The number of likely N-dealkylation sites (N-methyl/N-ethyl adjacent to an activating group) is 1. The van der Waals surface area contributed by atoms with Gasteiger partial charge in [-0.05, 0) is 6.07 Å². The second kappa shape index (κ2) is 6.35. The summed E-state index contributed by atoms with van der Waals surface area (Å²) in [6.07, 6.45) is 0. The minimum atomic E-state index is -3.64. The van der Waals surface area contributed by atoms with E-state index in [0.717, 1.165) is 4.90 Å². The number of hydrogen-bond acceptors (Lipinski definition) is 6. The van der Waals surface area contributed by atoms with Crippen LogP contribution in [0, 0.1) is 0 Å². The third-order valence-electron chi connectivity index (χ3n) is 2.87. The molecule has 120 valence electrons. The van der Waals surface area contributed by atoms with Gasteiger partial charge in [-0.25, -0.2) is 0 Å². The van der Waals surface area contributed by atoms with Crippen molar-refractivity contribution in [2.45, 2.75) is 6.61 Å². The Balaban J connectivity index is 2.23. The third kappa shape index (κ3) is 3.56. The van der Waals surface area contributed by atoms with Crippen LogP contribution in [0.4, 0.5) is 0 Å². The highest BCUT2D eigenvalue weighted by Crippen LogP contribution is 2.63. The first-order valence-electron chi connectivity index (χ1n) is 6.25. The molecule has 1 heterocycles. The Bertz CT molecular complexity index is 596. The van der Waals surface area contributed by atoms with E-state index in [1.165, 1.54) is 14.2 Å². The molecule has 1 aromatic rings. The minimum absolute atomic E-state index is 0.0796. The number of carbonyl (C=O) groups is 1. The van der Waals surface area contributed by atoms with Crippen LogP contribution in [0.1, 0.15) is 5.56 Å². The first-order chi connectivity index (χ1) is 10.3. The van der Waals surface area contributed by atoms with Gasteiger partial charge in [0.15, 0.2) is 5.75 Å². The van der Waals surface area contributed by atoms with Crippen LogP contribution in [0.15, 0.2) is 23.0 Å². The van der Waals surface area contributed by atoms with Crippen molar-refractivity contribution in [1.82, 2.24) is 4.90 Å². The van der Waals surface area contributed by atoms with Crippen LogP contribution < -0.4 is 15.0 Å². The molecule has 4 N–H and O–H groups in total. The fraction of sp³-hybridized carbons (Fsp3) is 0.333. The van der Waals surface area contributed by atoms with E-state index in [9.17, 15) is 9.69 Å². The summed E-state index contributed by atoms with van der Waals surface area (Å²) in [5.41, 5.74) is 6.37. The summed E-state index contributed by atoms with van der Waals surface area (Å²) in [5.74, 6) is -0.503. The lowest BCUT2D eigenvalue weighted by Gasteiger charge is -2.22. The molecule has 0 spiro atoms. The molecule has 0 amide bonds. The smallest absolute Gasteiger partial charge is 0.493 e. The lowest BCUT2D eigenvalue weighted by atomic mass is 10.2. The Morgan fingerprint density at radius 3 is 2.95 bits per heavy atom. The fourth-order valence-corrected chi connectivity index (χ4v) is 3.09. The maximum Gasteiger partial charge on any atom is 0.600 e. The number of nitrogens with zero attached hydrogens (tertiary/aromatic N) is 2. The highest BCUT2D eigenvalue weighted by atomic mass is 31.2. The van der Waals surface area contributed by atoms with E-state index in [0.29, 0.717) is 17.1 Å². The number of rotatable bonds is 4. The molecule has 1 atom stereocenters. The van der Waals surface area contributed by atoms with Gasteiger partial charge in [-0.2, -0.15) is 4.89 Å². The zero-order chi connectivity index (χ0) is 16.3. The molecule has 10 heteroatoms. The van der Waals surface area contributed by atoms with Gasteiger partial charge in [0.1, 0.15) is 13.2 Å². The van der Waals surface area contributed by atoms with Crippen molar-refractivity contribution in [2.24, 2.45) is 10.5 Å². The molecule has 0 aromatic heterocycles. The summed E-state index contributed by atoms with van der Waals surface area (Å²) in [6.45, 7) is -0.286. The molecule has 22 heavy (non-hydrogen) atoms. The van der Waals surface area contributed by atoms with Crippen LogP contribution in [-0.4, -0.2) is 47.5 Å². The number of para-hydroxylation sites is 1. The molecule has 0 saturated carbocycles. The van der Waals surface area contributed by atoms with Crippen molar-refractivity contribution >= 4 is 20.0 Å². The Labute approximate surface area is 127 Å². The van der Waals surface area contributed by atoms with E-state index in [-0.39, 0.29) is 19.1 Å². The monoisotopic (exact) mass is 330 g/mol. The van der Waals surface area contributed by atoms with Gasteiger partial charge in [-0.3, -0.25) is 9.32 Å². The molecule has 0 fully saturated rings. The summed E-state index contributed by atoms with van der Waals surface area (Å²) in [4.78, 5) is 22.2. The number of fused-ring (bicyclic) bond motifs is 1. The Kier molecular flexibility index (Phi) is 4.70. The number of methoxy groups -OCH3 is 1. The summed E-state index contributed by atoms with van der Waals surface area (Å²) >= 11 is 0. The minimum Gasteiger partial charge on any atom is -0.493 e. The zero-order valence-electron chi connectivity index (χ0n) is 12.1. The van der Waals surface area contributed by atoms with Gasteiger partial charge in [0.2, 0.25) is 11.7 Å². The van der Waals surface area contributed by atoms with Crippen LogP contribution >= 0.6 is 8.09 Å². The predicted molar refractivity (Wildman–Crippen MR) is 79.4 cm³/mol. The second-order valence-corrected chi connectivity index (χ2v) is 6.13. The number of nitrogens with two attached hydrogens (primary N) is 1. The SMILES string of the molecule is COc1cccc2c1O[P+](O)(N=C(N)N(C)CC(=O)O)OC2. The molecule has 1 unspecified atom stereocenters. The van der Waals surface area contributed by atoms with E-state index in [1.807, 2.05) is 0 Å². The van der Waals surface area contributed by atoms with E-state index in [2.05, 4.69) is 4.76 Å². The molecule has 0 radical (unpaired) electrons. The van der Waals surface area contributed by atoms with Crippen molar-refractivity contribution in [3.8, 4) is 11.5 Å². The Morgan fingerprint density at radius 2 is 2.32 bits per heavy atom. The van der Waals surface area contributed by atoms with E-state index in [1.54, 1.807) is 18.2 Å². The summed E-state index contributed by atoms with van der Waals surface area (Å²) in [7, 11) is -0.736. The molecule has 9 nitrogen and oxygen atoms in total. The Morgan fingerprint density at radius 1 is 1.59 bits per heavy atom. The van der Waals surface area contributed by atoms with Crippen LogP contribution in [-0.2, 0) is 15.9 Å². The van der Waals surface area contributed by atoms with E-state index >= 15 is 0 Å². The normalized spacial score (nSPS) is 20.8. The van der Waals surface area contributed by atoms with Crippen molar-refractivity contribution in [2.75, 3.05) is 20.7 Å². The van der Waals surface area contributed by atoms with Gasteiger partial charge < -0.3 is 20.5 Å². The lowest BCUT2D eigenvalue weighted by molar-refractivity contribution is -0.137. The molecule has 0 saturated heterocycles. The van der Waals surface area contributed by atoms with Crippen molar-refractivity contribution in [1.29, 1.82) is 0 Å². The molecule has 1 aromatic carbocycles. The van der Waals surface area contributed by atoms with Crippen molar-refractivity contribution in [3.63, 3.8) is 0 Å². The second-order valence-electron chi connectivity index (χ2n) is 4.51. The standard InChI is InChI=1S/C12H16N3O6P/c1-15(6-10(16)17)12(13)14-22(18)20-7-8-4-3-5-9(19-2)11(8)21-22/h3-5,18H,6-7H2,1-2H3,(H2-,13,14,16,17)/p+1. The summed E-state index contributed by atoms with van der Waals surface area (Å²) in [6, 6.07) is 5.22. The molecule has 1 aliphatic rings. The first-order valence-corrected chi connectivity index (χ1v) is 7.78. The maximum absolute atomic E-state index is 10.6. The van der Waals surface area contributed by atoms with Crippen molar-refractivity contribution < 1.29 is 28.6 Å². The zero-order valence-corrected chi connectivity index (χ0v) is 13.0. The molecule has 0 aliphatic carbocycles. The van der Waals surface area contributed by atoms with Crippen LogP contribution in [0.3, 0.4) is 0 Å². The van der Waals surface area contributed by atoms with E-state index < -0.39 is 14.1 Å². The predicted octanol–water partition coefficient (Wildman–Crippen LogP) is 0.605. The molecule has 1 aliphatic heterocycles. The quantitative estimate of drug-likeness (QED) is 0.416. The van der Waals surface area contributed by atoms with Crippen LogP contribution in [0.2, 0.25) is 0 Å². The van der Waals surface area contributed by atoms with Gasteiger partial charge in [0.05, 0.1) is 7.11 Å². The van der Waals surface area contributed by atoms with Crippen molar-refractivity contribution in [3.05, 3.63) is 23.8 Å². The molecular weight excluding hydrogens is 313 g/mol.